The van der Waals surface area contributed by atoms with Crippen molar-refractivity contribution in [2.75, 3.05) is 13.1 Å². The Kier molecular flexibility index (Phi) is 6.73. The van der Waals surface area contributed by atoms with Crippen LogP contribution >= 0.6 is 11.8 Å². The van der Waals surface area contributed by atoms with Crippen molar-refractivity contribution in [1.82, 2.24) is 19.9 Å². The van der Waals surface area contributed by atoms with Gasteiger partial charge in [-0.2, -0.15) is 13.2 Å². The predicted octanol–water partition coefficient (Wildman–Crippen LogP) is 6.52. The number of hydrogen-bond donors (Lipinski definition) is 1. The smallest absolute Gasteiger partial charge is 0.417 e. The summed E-state index contributed by atoms with van der Waals surface area (Å²) in [5.74, 6) is 0.716. The Morgan fingerprint density at radius 3 is 2.39 bits per heavy atom. The first-order chi connectivity index (χ1) is 17.3. The van der Waals surface area contributed by atoms with Crippen LogP contribution in [-0.2, 0) is 6.18 Å². The summed E-state index contributed by atoms with van der Waals surface area (Å²) in [7, 11) is 0. The van der Waals surface area contributed by atoms with Crippen molar-refractivity contribution < 1.29 is 27.4 Å². The molecule has 1 aliphatic rings. The van der Waals surface area contributed by atoms with Gasteiger partial charge in [-0.25, -0.2) is 14.8 Å². The number of likely N-dealkylation sites (tertiary alicyclic amines) is 1. The van der Waals surface area contributed by atoms with Crippen LogP contribution in [0.4, 0.5) is 18.0 Å². The number of para-hydroxylation sites is 2. The molecule has 1 saturated heterocycles. The van der Waals surface area contributed by atoms with Gasteiger partial charge in [0.2, 0.25) is 5.88 Å². The highest BCUT2D eigenvalue weighted by atomic mass is 32.2. The maximum atomic E-state index is 12.6. The van der Waals surface area contributed by atoms with Gasteiger partial charge in [0.05, 0.1) is 16.6 Å². The van der Waals surface area contributed by atoms with Crippen molar-refractivity contribution in [2.24, 2.45) is 0 Å². The van der Waals surface area contributed by atoms with Crippen LogP contribution in [0.5, 0.6) is 17.4 Å². The molecule has 2 aromatic heterocycles. The van der Waals surface area contributed by atoms with E-state index in [4.69, 9.17) is 9.47 Å². The predicted molar refractivity (Wildman–Crippen MR) is 128 cm³/mol. The van der Waals surface area contributed by atoms with E-state index >= 15 is 0 Å². The highest BCUT2D eigenvalue weighted by Crippen LogP contribution is 2.32. The first kappa shape index (κ1) is 24.0. The van der Waals surface area contributed by atoms with Crippen LogP contribution in [0.3, 0.4) is 0 Å². The first-order valence-electron chi connectivity index (χ1n) is 11.2. The van der Waals surface area contributed by atoms with Gasteiger partial charge in [-0.3, -0.25) is 0 Å². The molecule has 36 heavy (non-hydrogen) atoms. The number of piperidine rings is 1. The van der Waals surface area contributed by atoms with Crippen LogP contribution in [-0.4, -0.2) is 44.3 Å². The maximum absolute atomic E-state index is 12.6. The van der Waals surface area contributed by atoms with E-state index in [9.17, 15) is 18.0 Å². The summed E-state index contributed by atoms with van der Waals surface area (Å²) in [4.78, 5) is 25.9. The summed E-state index contributed by atoms with van der Waals surface area (Å²) in [5.41, 5.74) is 1.09. The molecule has 7 nitrogen and oxygen atoms in total. The van der Waals surface area contributed by atoms with E-state index in [-0.39, 0.29) is 5.88 Å². The molecule has 2 aromatic carbocycles. The van der Waals surface area contributed by atoms with Crippen LogP contribution in [0, 0.1) is 0 Å². The van der Waals surface area contributed by atoms with E-state index < -0.39 is 17.8 Å². The second kappa shape index (κ2) is 10.1. The molecule has 0 saturated carbocycles. The molecule has 5 rings (SSSR count). The Balaban J connectivity index is 1.10. The highest BCUT2D eigenvalue weighted by molar-refractivity contribution is 7.99. The zero-order valence-electron chi connectivity index (χ0n) is 18.9. The quantitative estimate of drug-likeness (QED) is 0.326. The number of carbonyl (C=O) groups is 1. The average Bonchev–Trinajstić information content (AvgIpc) is 3.28. The number of thioether (sulfide) groups is 1. The number of imidazole rings is 1. The minimum Gasteiger partial charge on any atom is -0.439 e. The number of pyridine rings is 1. The molecule has 0 spiro atoms. The largest absolute Gasteiger partial charge is 0.439 e. The van der Waals surface area contributed by atoms with Gasteiger partial charge in [0, 0.05) is 30.6 Å². The summed E-state index contributed by atoms with van der Waals surface area (Å²) in [6.07, 6.45) is -2.53. The third-order valence-electron chi connectivity index (χ3n) is 5.66. The molecule has 1 fully saturated rings. The SMILES string of the molecule is O=C(Oc1ccc(Oc2ccc(C(F)(F)F)cn2)cc1)N1CCC(Sc2nc3ccccc3[nH]2)CC1. The molecule has 1 aliphatic heterocycles. The number of H-pyrrole nitrogens is 1. The molecule has 0 radical (unpaired) electrons. The number of halogens is 3. The number of nitrogens with zero attached hydrogens (tertiary/aromatic N) is 3. The van der Waals surface area contributed by atoms with Gasteiger partial charge in [0.1, 0.15) is 11.5 Å². The molecule has 0 aliphatic carbocycles. The van der Waals surface area contributed by atoms with Crippen molar-refractivity contribution in [3.63, 3.8) is 0 Å². The van der Waals surface area contributed by atoms with Crippen molar-refractivity contribution in [3.05, 3.63) is 72.4 Å². The van der Waals surface area contributed by atoms with Gasteiger partial charge in [-0.05, 0) is 55.3 Å². The number of carbonyl (C=O) groups excluding carboxylic acids is 1. The fraction of sp³-hybridized carbons (Fsp3) is 0.240. The second-order valence-electron chi connectivity index (χ2n) is 8.19. The van der Waals surface area contributed by atoms with E-state index in [1.807, 2.05) is 24.3 Å². The number of hydrogen-bond acceptors (Lipinski definition) is 6. The zero-order chi connectivity index (χ0) is 25.1. The van der Waals surface area contributed by atoms with Gasteiger partial charge >= 0.3 is 12.3 Å². The van der Waals surface area contributed by atoms with E-state index in [1.165, 1.54) is 0 Å². The molecule has 0 unspecified atom stereocenters. The van der Waals surface area contributed by atoms with Gasteiger partial charge < -0.3 is 19.4 Å². The monoisotopic (exact) mass is 514 g/mol. The Hall–Kier alpha value is -3.73. The average molecular weight is 515 g/mol. The number of amides is 1. The number of aromatic nitrogens is 3. The summed E-state index contributed by atoms with van der Waals surface area (Å²) in [5, 5.41) is 1.23. The van der Waals surface area contributed by atoms with Crippen LogP contribution in [0.15, 0.2) is 72.0 Å². The Morgan fingerprint density at radius 1 is 1.00 bits per heavy atom. The molecule has 0 atom stereocenters. The van der Waals surface area contributed by atoms with E-state index in [0.29, 0.717) is 36.0 Å². The number of benzene rings is 2. The normalized spacial score (nSPS) is 14.7. The number of alkyl halides is 3. The van der Waals surface area contributed by atoms with Gasteiger partial charge in [-0.1, -0.05) is 23.9 Å². The van der Waals surface area contributed by atoms with Crippen LogP contribution in [0.25, 0.3) is 11.0 Å². The number of rotatable bonds is 5. The van der Waals surface area contributed by atoms with E-state index in [1.54, 1.807) is 40.9 Å². The molecular weight excluding hydrogens is 493 g/mol. The van der Waals surface area contributed by atoms with Crippen molar-refractivity contribution in [3.8, 4) is 17.4 Å². The summed E-state index contributed by atoms with van der Waals surface area (Å²) in [6.45, 7) is 1.16. The Morgan fingerprint density at radius 2 is 1.72 bits per heavy atom. The molecule has 4 aromatic rings. The highest BCUT2D eigenvalue weighted by Gasteiger charge is 2.30. The molecular formula is C25H21F3N4O3S. The van der Waals surface area contributed by atoms with Crippen molar-refractivity contribution in [1.29, 1.82) is 0 Å². The van der Waals surface area contributed by atoms with Crippen LogP contribution in [0.1, 0.15) is 18.4 Å². The third kappa shape index (κ3) is 5.73. The summed E-state index contributed by atoms with van der Waals surface area (Å²) in [6, 6.07) is 16.2. The topological polar surface area (TPSA) is 80.3 Å². The number of fused-ring (bicyclic) bond motifs is 1. The molecule has 1 amide bonds. The molecule has 3 heterocycles. The van der Waals surface area contributed by atoms with E-state index in [2.05, 4.69) is 15.0 Å². The molecule has 1 N–H and O–H groups in total. The Labute approximate surface area is 208 Å². The number of aromatic amines is 1. The summed E-state index contributed by atoms with van der Waals surface area (Å²) < 4.78 is 48.9. The lowest BCUT2D eigenvalue weighted by atomic mass is 10.1. The van der Waals surface area contributed by atoms with Crippen molar-refractivity contribution >= 4 is 28.9 Å². The standard InChI is InChI=1S/C25H21F3N4O3S/c26-25(27,28)16-5-10-22(29-15-16)34-17-6-8-18(9-7-17)35-24(33)32-13-11-19(12-14-32)36-23-30-20-3-1-2-4-21(20)31-23/h1-10,15,19H,11-14H2,(H,30,31). The van der Waals surface area contributed by atoms with Crippen LogP contribution in [0.2, 0.25) is 0 Å². The Bertz CT molecular complexity index is 1300. The van der Waals surface area contributed by atoms with Crippen LogP contribution < -0.4 is 9.47 Å². The zero-order valence-corrected chi connectivity index (χ0v) is 19.7. The fourth-order valence-electron chi connectivity index (χ4n) is 3.77. The van der Waals surface area contributed by atoms with E-state index in [0.717, 1.165) is 41.2 Å². The minimum atomic E-state index is -4.46. The molecule has 11 heteroatoms. The first-order valence-corrected chi connectivity index (χ1v) is 12.1. The number of nitrogens with one attached hydrogen (secondary N) is 1. The van der Waals surface area contributed by atoms with Crippen molar-refractivity contribution in [2.45, 2.75) is 29.4 Å². The summed E-state index contributed by atoms with van der Waals surface area (Å²) >= 11 is 1.69. The van der Waals surface area contributed by atoms with Gasteiger partial charge in [-0.15, -0.1) is 0 Å². The van der Waals surface area contributed by atoms with Gasteiger partial charge in [0.15, 0.2) is 5.16 Å². The molecule has 0 bridgehead atoms. The lowest BCUT2D eigenvalue weighted by molar-refractivity contribution is -0.137. The lowest BCUT2D eigenvalue weighted by Crippen LogP contribution is -2.40. The number of ether oxygens (including phenoxy) is 2. The lowest BCUT2D eigenvalue weighted by Gasteiger charge is -2.30. The second-order valence-corrected chi connectivity index (χ2v) is 9.48. The molecule has 186 valence electrons. The third-order valence-corrected chi connectivity index (χ3v) is 6.88. The maximum Gasteiger partial charge on any atom is 0.417 e. The minimum absolute atomic E-state index is 0.0242. The van der Waals surface area contributed by atoms with Gasteiger partial charge in [0.25, 0.3) is 0 Å². The fourth-order valence-corrected chi connectivity index (χ4v) is 4.85.